The van der Waals surface area contributed by atoms with Crippen molar-refractivity contribution in [2.75, 3.05) is 5.32 Å². The highest BCUT2D eigenvalue weighted by Gasteiger charge is 2.15. The third-order valence-electron chi connectivity index (χ3n) is 3.05. The van der Waals surface area contributed by atoms with Crippen LogP contribution in [0.5, 0.6) is 0 Å². The van der Waals surface area contributed by atoms with Gasteiger partial charge in [0.15, 0.2) is 22.6 Å². The normalized spacial score (nSPS) is 10.6. The van der Waals surface area contributed by atoms with Gasteiger partial charge in [-0.25, -0.2) is 23.1 Å². The maximum absolute atomic E-state index is 13.7. The number of thiazole rings is 1. The molecular formula is C15H9F3N4OS. The highest BCUT2D eigenvalue weighted by atomic mass is 32.1. The van der Waals surface area contributed by atoms with E-state index in [0.29, 0.717) is 4.88 Å². The zero-order valence-corrected chi connectivity index (χ0v) is 12.8. The SMILES string of the molecule is O=C(Nc1ncc(Cc2ccc(F)c(F)c2F)s1)c1cnccn1. The summed E-state index contributed by atoms with van der Waals surface area (Å²) in [6.45, 7) is 0. The molecule has 0 bridgehead atoms. The van der Waals surface area contributed by atoms with Crippen molar-refractivity contribution in [3.05, 3.63) is 70.5 Å². The summed E-state index contributed by atoms with van der Waals surface area (Å²) in [5, 5.41) is 2.82. The summed E-state index contributed by atoms with van der Waals surface area (Å²) in [4.78, 5) is 24.1. The van der Waals surface area contributed by atoms with E-state index in [9.17, 15) is 18.0 Å². The molecule has 1 aromatic carbocycles. The summed E-state index contributed by atoms with van der Waals surface area (Å²) in [7, 11) is 0. The monoisotopic (exact) mass is 350 g/mol. The molecule has 0 aliphatic heterocycles. The van der Waals surface area contributed by atoms with Gasteiger partial charge in [-0.1, -0.05) is 6.07 Å². The van der Waals surface area contributed by atoms with Gasteiger partial charge in [0.2, 0.25) is 0 Å². The highest BCUT2D eigenvalue weighted by molar-refractivity contribution is 7.15. The first-order valence-electron chi connectivity index (χ1n) is 6.69. The number of carbonyl (C=O) groups excluding carboxylic acids is 1. The van der Waals surface area contributed by atoms with Crippen LogP contribution < -0.4 is 5.32 Å². The molecule has 2 heterocycles. The van der Waals surface area contributed by atoms with Crippen LogP contribution in [0.1, 0.15) is 20.9 Å². The van der Waals surface area contributed by atoms with Gasteiger partial charge in [0, 0.05) is 29.9 Å². The fourth-order valence-electron chi connectivity index (χ4n) is 1.91. The van der Waals surface area contributed by atoms with Crippen LogP contribution in [-0.4, -0.2) is 20.9 Å². The van der Waals surface area contributed by atoms with Crippen LogP contribution in [0.2, 0.25) is 0 Å². The number of halogens is 3. The van der Waals surface area contributed by atoms with Gasteiger partial charge in [-0.15, -0.1) is 11.3 Å². The molecule has 3 rings (SSSR count). The van der Waals surface area contributed by atoms with E-state index in [1.807, 2.05) is 0 Å². The van der Waals surface area contributed by atoms with E-state index in [-0.39, 0.29) is 22.8 Å². The Hall–Kier alpha value is -2.81. The average molecular weight is 350 g/mol. The van der Waals surface area contributed by atoms with Crippen molar-refractivity contribution in [2.45, 2.75) is 6.42 Å². The molecule has 1 amide bonds. The Morgan fingerprint density at radius 1 is 1.08 bits per heavy atom. The molecule has 5 nitrogen and oxygen atoms in total. The molecule has 0 atom stereocenters. The number of amides is 1. The average Bonchev–Trinajstić information content (AvgIpc) is 3.03. The Kier molecular flexibility index (Phi) is 4.52. The Morgan fingerprint density at radius 3 is 2.67 bits per heavy atom. The zero-order chi connectivity index (χ0) is 17.1. The topological polar surface area (TPSA) is 67.8 Å². The molecule has 0 unspecified atom stereocenters. The fraction of sp³-hybridized carbons (Fsp3) is 0.0667. The summed E-state index contributed by atoms with van der Waals surface area (Å²) >= 11 is 1.10. The lowest BCUT2D eigenvalue weighted by Crippen LogP contribution is -2.13. The van der Waals surface area contributed by atoms with Gasteiger partial charge >= 0.3 is 0 Å². The molecule has 0 saturated carbocycles. The summed E-state index contributed by atoms with van der Waals surface area (Å²) in [6, 6.07) is 2.04. The Morgan fingerprint density at radius 2 is 1.92 bits per heavy atom. The van der Waals surface area contributed by atoms with E-state index in [1.54, 1.807) is 0 Å². The number of hydrogen-bond acceptors (Lipinski definition) is 5. The van der Waals surface area contributed by atoms with Crippen LogP contribution in [0, 0.1) is 17.5 Å². The van der Waals surface area contributed by atoms with Crippen molar-refractivity contribution in [1.29, 1.82) is 0 Å². The molecule has 0 aliphatic carbocycles. The van der Waals surface area contributed by atoms with Crippen LogP contribution in [-0.2, 0) is 6.42 Å². The van der Waals surface area contributed by atoms with Gasteiger partial charge in [0.05, 0.1) is 6.20 Å². The largest absolute Gasteiger partial charge is 0.296 e. The maximum Gasteiger partial charge on any atom is 0.277 e. The molecule has 9 heteroatoms. The highest BCUT2D eigenvalue weighted by Crippen LogP contribution is 2.24. The molecule has 122 valence electrons. The molecule has 0 fully saturated rings. The summed E-state index contributed by atoms with van der Waals surface area (Å²) in [5.74, 6) is -4.46. The second-order valence-corrected chi connectivity index (χ2v) is 5.80. The van der Waals surface area contributed by atoms with Crippen molar-refractivity contribution >= 4 is 22.4 Å². The van der Waals surface area contributed by atoms with Crippen LogP contribution in [0.15, 0.2) is 36.9 Å². The lowest BCUT2D eigenvalue weighted by molar-refractivity contribution is 0.102. The molecule has 0 spiro atoms. The smallest absolute Gasteiger partial charge is 0.277 e. The minimum absolute atomic E-state index is 0.00403. The summed E-state index contributed by atoms with van der Waals surface area (Å²) in [5.41, 5.74) is 0.130. The molecule has 0 aliphatic rings. The minimum Gasteiger partial charge on any atom is -0.296 e. The van der Waals surface area contributed by atoms with Crippen molar-refractivity contribution in [1.82, 2.24) is 15.0 Å². The molecule has 1 N–H and O–H groups in total. The van der Waals surface area contributed by atoms with Gasteiger partial charge in [0.25, 0.3) is 5.91 Å². The number of hydrogen-bond donors (Lipinski definition) is 1. The lowest BCUT2D eigenvalue weighted by atomic mass is 10.1. The minimum atomic E-state index is -1.51. The number of anilines is 1. The Bertz CT molecular complexity index is 886. The first kappa shape index (κ1) is 16.1. The Labute approximate surface area is 138 Å². The van der Waals surface area contributed by atoms with Crippen LogP contribution in [0.3, 0.4) is 0 Å². The van der Waals surface area contributed by atoms with E-state index in [2.05, 4.69) is 20.3 Å². The summed E-state index contributed by atoms with van der Waals surface area (Å²) < 4.78 is 39.8. The molecule has 0 radical (unpaired) electrons. The van der Waals surface area contributed by atoms with Crippen LogP contribution >= 0.6 is 11.3 Å². The first-order valence-corrected chi connectivity index (χ1v) is 7.50. The third kappa shape index (κ3) is 3.40. The van der Waals surface area contributed by atoms with E-state index in [0.717, 1.165) is 17.4 Å². The molecule has 0 saturated heterocycles. The van der Waals surface area contributed by atoms with Crippen LogP contribution in [0.25, 0.3) is 0 Å². The number of nitrogens with one attached hydrogen (secondary N) is 1. The van der Waals surface area contributed by atoms with Crippen LogP contribution in [0.4, 0.5) is 18.3 Å². The van der Waals surface area contributed by atoms with Gasteiger partial charge in [-0.3, -0.25) is 15.1 Å². The maximum atomic E-state index is 13.7. The molecular weight excluding hydrogens is 341 g/mol. The van der Waals surface area contributed by atoms with Gasteiger partial charge < -0.3 is 0 Å². The number of aromatic nitrogens is 3. The number of carbonyl (C=O) groups is 1. The standard InChI is InChI=1S/C15H9F3N4OS/c16-10-2-1-8(12(17)13(10)18)5-9-6-21-15(24-9)22-14(23)11-7-19-3-4-20-11/h1-4,6-7H,5H2,(H,21,22,23). The van der Waals surface area contributed by atoms with Crippen molar-refractivity contribution in [3.8, 4) is 0 Å². The third-order valence-corrected chi connectivity index (χ3v) is 3.96. The fourth-order valence-corrected chi connectivity index (χ4v) is 2.75. The number of benzene rings is 1. The zero-order valence-electron chi connectivity index (χ0n) is 12.0. The second-order valence-electron chi connectivity index (χ2n) is 4.69. The number of nitrogens with zero attached hydrogens (tertiary/aromatic N) is 3. The van der Waals surface area contributed by atoms with Gasteiger partial charge in [-0.2, -0.15) is 0 Å². The molecule has 3 aromatic rings. The molecule has 24 heavy (non-hydrogen) atoms. The van der Waals surface area contributed by atoms with E-state index in [4.69, 9.17) is 0 Å². The number of rotatable bonds is 4. The van der Waals surface area contributed by atoms with Crippen molar-refractivity contribution in [3.63, 3.8) is 0 Å². The van der Waals surface area contributed by atoms with Gasteiger partial charge in [0.1, 0.15) is 5.69 Å². The molecule has 2 aromatic heterocycles. The van der Waals surface area contributed by atoms with E-state index >= 15 is 0 Å². The first-order chi connectivity index (χ1) is 11.5. The van der Waals surface area contributed by atoms with E-state index in [1.165, 1.54) is 30.9 Å². The summed E-state index contributed by atoms with van der Waals surface area (Å²) in [6.07, 6.45) is 5.59. The van der Waals surface area contributed by atoms with E-state index < -0.39 is 23.4 Å². The quantitative estimate of drug-likeness (QED) is 0.734. The predicted octanol–water partition coefficient (Wildman–Crippen LogP) is 3.19. The second kappa shape index (κ2) is 6.75. The van der Waals surface area contributed by atoms with Gasteiger partial charge in [-0.05, 0) is 11.6 Å². The van der Waals surface area contributed by atoms with Crippen molar-refractivity contribution in [2.24, 2.45) is 0 Å². The van der Waals surface area contributed by atoms with Crippen molar-refractivity contribution < 1.29 is 18.0 Å². The predicted molar refractivity (Wildman–Crippen MR) is 81.2 cm³/mol. The Balaban J connectivity index is 1.72. The lowest BCUT2D eigenvalue weighted by Gasteiger charge is -2.02.